The normalized spacial score (nSPS) is 18.9. The van der Waals surface area contributed by atoms with Crippen molar-refractivity contribution in [2.45, 2.75) is 31.9 Å². The second kappa shape index (κ2) is 8.40. The molecule has 1 aliphatic rings. The van der Waals surface area contributed by atoms with Gasteiger partial charge in [0.1, 0.15) is 0 Å². The zero-order valence-electron chi connectivity index (χ0n) is 15.0. The summed E-state index contributed by atoms with van der Waals surface area (Å²) in [7, 11) is 2.15. The molecule has 0 radical (unpaired) electrons. The van der Waals surface area contributed by atoms with Crippen LogP contribution in [0.4, 0.5) is 0 Å². The number of rotatable bonds is 7. The standard InChI is InChI=1S/C17H29N3O3S/c1-14-7-5-6-8-16(14)17(19(2)3)13-18-24(21,22)20-11-9-15(23-4)10-12-20/h5-8,15,17-18H,9-13H2,1-4H3/t17-/m1/s1. The molecule has 136 valence electrons. The van der Waals surface area contributed by atoms with Crippen LogP contribution in [0.3, 0.4) is 0 Å². The molecular formula is C17H29N3O3S. The first kappa shape index (κ1) is 19.3. The summed E-state index contributed by atoms with van der Waals surface area (Å²) in [6, 6.07) is 8.09. The van der Waals surface area contributed by atoms with Crippen molar-refractivity contribution in [1.29, 1.82) is 0 Å². The summed E-state index contributed by atoms with van der Waals surface area (Å²) in [5.41, 5.74) is 2.31. The van der Waals surface area contributed by atoms with E-state index in [0.717, 1.165) is 24.0 Å². The molecule has 6 nitrogen and oxygen atoms in total. The number of ether oxygens (including phenoxy) is 1. The molecule has 1 aliphatic heterocycles. The molecule has 24 heavy (non-hydrogen) atoms. The van der Waals surface area contributed by atoms with Gasteiger partial charge in [-0.2, -0.15) is 12.7 Å². The number of piperidine rings is 1. The second-order valence-electron chi connectivity index (χ2n) is 6.52. The summed E-state index contributed by atoms with van der Waals surface area (Å²) in [5, 5.41) is 0. The number of aryl methyl sites for hydroxylation is 1. The summed E-state index contributed by atoms with van der Waals surface area (Å²) < 4.78 is 34.8. The Labute approximate surface area is 146 Å². The van der Waals surface area contributed by atoms with Crippen LogP contribution in [-0.4, -0.2) is 64.6 Å². The fraction of sp³-hybridized carbons (Fsp3) is 0.647. The average Bonchev–Trinajstić information content (AvgIpc) is 2.56. The third kappa shape index (κ3) is 4.77. The van der Waals surface area contributed by atoms with Gasteiger partial charge in [0.05, 0.1) is 6.10 Å². The van der Waals surface area contributed by atoms with Crippen LogP contribution in [0.1, 0.15) is 30.0 Å². The van der Waals surface area contributed by atoms with Crippen LogP contribution in [0.2, 0.25) is 0 Å². The zero-order valence-corrected chi connectivity index (χ0v) is 15.8. The van der Waals surface area contributed by atoms with Gasteiger partial charge in [-0.05, 0) is 45.0 Å². The zero-order chi connectivity index (χ0) is 17.7. The topological polar surface area (TPSA) is 61.9 Å². The molecule has 1 fully saturated rings. The van der Waals surface area contributed by atoms with Gasteiger partial charge in [-0.25, -0.2) is 4.72 Å². The molecular weight excluding hydrogens is 326 g/mol. The fourth-order valence-corrected chi connectivity index (χ4v) is 4.36. The highest BCUT2D eigenvalue weighted by atomic mass is 32.2. The van der Waals surface area contributed by atoms with Crippen molar-refractivity contribution in [3.05, 3.63) is 35.4 Å². The summed E-state index contributed by atoms with van der Waals surface area (Å²) >= 11 is 0. The van der Waals surface area contributed by atoms with E-state index < -0.39 is 10.2 Å². The minimum absolute atomic E-state index is 0.00232. The monoisotopic (exact) mass is 355 g/mol. The summed E-state index contributed by atoms with van der Waals surface area (Å²) in [5.74, 6) is 0. The van der Waals surface area contributed by atoms with Crippen molar-refractivity contribution in [3.8, 4) is 0 Å². The van der Waals surface area contributed by atoms with Crippen LogP contribution in [-0.2, 0) is 14.9 Å². The molecule has 0 unspecified atom stereocenters. The van der Waals surface area contributed by atoms with Crippen LogP contribution in [0.15, 0.2) is 24.3 Å². The van der Waals surface area contributed by atoms with Gasteiger partial charge in [0, 0.05) is 32.8 Å². The minimum Gasteiger partial charge on any atom is -0.381 e. The Bertz CT molecular complexity index is 626. The number of nitrogens with one attached hydrogen (secondary N) is 1. The highest BCUT2D eigenvalue weighted by Crippen LogP contribution is 2.22. The van der Waals surface area contributed by atoms with Gasteiger partial charge in [-0.15, -0.1) is 0 Å². The predicted octanol–water partition coefficient (Wildman–Crippen LogP) is 1.54. The Morgan fingerprint density at radius 3 is 2.46 bits per heavy atom. The lowest BCUT2D eigenvalue weighted by atomic mass is 10.0. The Balaban J connectivity index is 2.02. The molecule has 0 aliphatic carbocycles. The van der Waals surface area contributed by atoms with E-state index in [-0.39, 0.29) is 12.1 Å². The maximum atomic E-state index is 12.6. The van der Waals surface area contributed by atoms with Gasteiger partial charge in [0.25, 0.3) is 10.2 Å². The maximum absolute atomic E-state index is 12.6. The van der Waals surface area contributed by atoms with Crippen molar-refractivity contribution >= 4 is 10.2 Å². The Morgan fingerprint density at radius 2 is 1.92 bits per heavy atom. The third-order valence-electron chi connectivity index (χ3n) is 4.70. The number of nitrogens with zero attached hydrogens (tertiary/aromatic N) is 2. The maximum Gasteiger partial charge on any atom is 0.279 e. The lowest BCUT2D eigenvalue weighted by Crippen LogP contribution is -2.48. The van der Waals surface area contributed by atoms with Gasteiger partial charge >= 0.3 is 0 Å². The van der Waals surface area contributed by atoms with E-state index in [2.05, 4.69) is 23.8 Å². The van der Waals surface area contributed by atoms with E-state index in [0.29, 0.717) is 19.6 Å². The number of methoxy groups -OCH3 is 1. The van der Waals surface area contributed by atoms with Crippen molar-refractivity contribution in [2.75, 3.05) is 40.8 Å². The highest BCUT2D eigenvalue weighted by molar-refractivity contribution is 7.87. The Morgan fingerprint density at radius 1 is 1.29 bits per heavy atom. The first-order chi connectivity index (χ1) is 11.3. The van der Waals surface area contributed by atoms with E-state index in [1.165, 1.54) is 4.31 Å². The molecule has 1 aromatic rings. The molecule has 0 aromatic heterocycles. The van der Waals surface area contributed by atoms with Gasteiger partial charge < -0.3 is 9.64 Å². The van der Waals surface area contributed by atoms with E-state index >= 15 is 0 Å². The Hall–Kier alpha value is -0.990. The molecule has 1 atom stereocenters. The van der Waals surface area contributed by atoms with E-state index in [9.17, 15) is 8.42 Å². The van der Waals surface area contributed by atoms with Crippen molar-refractivity contribution in [2.24, 2.45) is 0 Å². The van der Waals surface area contributed by atoms with Gasteiger partial charge in [0.15, 0.2) is 0 Å². The Kier molecular flexibility index (Phi) is 6.77. The highest BCUT2D eigenvalue weighted by Gasteiger charge is 2.29. The van der Waals surface area contributed by atoms with Crippen molar-refractivity contribution in [3.63, 3.8) is 0 Å². The predicted molar refractivity (Wildman–Crippen MR) is 96.1 cm³/mol. The number of benzene rings is 1. The summed E-state index contributed by atoms with van der Waals surface area (Å²) in [6.07, 6.45) is 1.65. The van der Waals surface area contributed by atoms with Crippen molar-refractivity contribution < 1.29 is 13.2 Å². The smallest absolute Gasteiger partial charge is 0.279 e. The summed E-state index contributed by atoms with van der Waals surface area (Å²) in [4.78, 5) is 2.04. The van der Waals surface area contributed by atoms with Crippen LogP contribution < -0.4 is 4.72 Å². The molecule has 0 bridgehead atoms. The molecule has 0 spiro atoms. The molecule has 0 saturated carbocycles. The molecule has 1 saturated heterocycles. The molecule has 2 rings (SSSR count). The SMILES string of the molecule is COC1CCN(S(=O)(=O)NC[C@H](c2ccccc2C)N(C)C)CC1. The summed E-state index contributed by atoms with van der Waals surface area (Å²) in [6.45, 7) is 3.41. The average molecular weight is 356 g/mol. The largest absolute Gasteiger partial charge is 0.381 e. The number of likely N-dealkylation sites (N-methyl/N-ethyl adjacent to an activating group) is 1. The van der Waals surface area contributed by atoms with Crippen LogP contribution in [0.25, 0.3) is 0 Å². The van der Waals surface area contributed by atoms with Crippen molar-refractivity contribution in [1.82, 2.24) is 13.9 Å². The first-order valence-corrected chi connectivity index (χ1v) is 9.78. The van der Waals surface area contributed by atoms with Gasteiger partial charge in [-0.3, -0.25) is 0 Å². The number of hydrogen-bond donors (Lipinski definition) is 1. The van der Waals surface area contributed by atoms with E-state index in [1.807, 2.05) is 31.1 Å². The van der Waals surface area contributed by atoms with Crippen LogP contribution >= 0.6 is 0 Å². The van der Waals surface area contributed by atoms with Gasteiger partial charge in [-0.1, -0.05) is 24.3 Å². The second-order valence-corrected chi connectivity index (χ2v) is 8.28. The molecule has 0 amide bonds. The fourth-order valence-electron chi connectivity index (χ4n) is 3.12. The third-order valence-corrected chi connectivity index (χ3v) is 6.28. The van der Waals surface area contributed by atoms with Gasteiger partial charge in [0.2, 0.25) is 0 Å². The molecule has 7 heteroatoms. The molecule has 1 aromatic carbocycles. The lowest BCUT2D eigenvalue weighted by Gasteiger charge is -2.32. The molecule has 1 heterocycles. The number of hydrogen-bond acceptors (Lipinski definition) is 4. The van der Waals surface area contributed by atoms with E-state index in [1.54, 1.807) is 7.11 Å². The quantitative estimate of drug-likeness (QED) is 0.806. The van der Waals surface area contributed by atoms with Crippen LogP contribution in [0.5, 0.6) is 0 Å². The molecule has 1 N–H and O–H groups in total. The van der Waals surface area contributed by atoms with E-state index in [4.69, 9.17) is 4.74 Å². The minimum atomic E-state index is -3.46. The lowest BCUT2D eigenvalue weighted by molar-refractivity contribution is 0.0601. The first-order valence-electron chi connectivity index (χ1n) is 8.34. The van der Waals surface area contributed by atoms with Crippen LogP contribution in [0, 0.1) is 6.92 Å².